The molecule has 0 fully saturated rings. The monoisotopic (exact) mass is 562 g/mol. The molecule has 0 radical (unpaired) electrons. The van der Waals surface area contributed by atoms with Gasteiger partial charge in [0.15, 0.2) is 0 Å². The Morgan fingerprint density at radius 3 is 1.30 bits per heavy atom. The molecule has 1 unspecified atom stereocenters. The molecule has 1 atom stereocenters. The van der Waals surface area contributed by atoms with Gasteiger partial charge < -0.3 is 9.84 Å². The number of carboxylic acid groups (broad SMARTS) is 1. The Kier molecular flexibility index (Phi) is 30.7. The third-order valence-electron chi connectivity index (χ3n) is 7.91. The molecule has 0 aliphatic carbocycles. The van der Waals surface area contributed by atoms with E-state index in [0.29, 0.717) is 0 Å². The van der Waals surface area contributed by atoms with Crippen LogP contribution in [-0.2, 0) is 14.3 Å². The number of allylic oxidation sites excluding steroid dienone is 1. The molecule has 4 nitrogen and oxygen atoms in total. The van der Waals surface area contributed by atoms with Crippen molar-refractivity contribution in [1.29, 1.82) is 0 Å². The van der Waals surface area contributed by atoms with E-state index in [-0.39, 0.29) is 13.0 Å². The van der Waals surface area contributed by atoms with Crippen LogP contribution in [0.5, 0.6) is 0 Å². The van der Waals surface area contributed by atoms with E-state index in [1.807, 2.05) is 6.08 Å². The van der Waals surface area contributed by atoms with E-state index in [1.165, 1.54) is 160 Å². The number of aliphatic carboxylic acids is 1. The van der Waals surface area contributed by atoms with Crippen LogP contribution in [0.3, 0.4) is 0 Å². The van der Waals surface area contributed by atoms with Crippen LogP contribution in [0.4, 0.5) is 0 Å². The molecule has 0 saturated heterocycles. The highest BCUT2D eigenvalue weighted by molar-refractivity contribution is 5.80. The molecule has 0 amide bonds. The van der Waals surface area contributed by atoms with Crippen LogP contribution >= 0.6 is 0 Å². The van der Waals surface area contributed by atoms with Crippen molar-refractivity contribution in [3.05, 3.63) is 24.8 Å². The van der Waals surface area contributed by atoms with E-state index < -0.39 is 17.9 Å². The quantitative estimate of drug-likeness (QED) is 0.0503. The lowest BCUT2D eigenvalue weighted by molar-refractivity contribution is -0.149. The van der Waals surface area contributed by atoms with Crippen molar-refractivity contribution in [2.24, 2.45) is 5.92 Å². The van der Waals surface area contributed by atoms with Crippen molar-refractivity contribution in [3.8, 4) is 0 Å². The summed E-state index contributed by atoms with van der Waals surface area (Å²) in [6.07, 6.45) is 40.5. The van der Waals surface area contributed by atoms with Gasteiger partial charge in [-0.15, -0.1) is 0 Å². The number of carbonyl (C=O) groups excluding carboxylic acids is 1. The topological polar surface area (TPSA) is 63.6 Å². The number of ether oxygens (including phenoxy) is 1. The van der Waals surface area contributed by atoms with Crippen molar-refractivity contribution in [3.63, 3.8) is 0 Å². The molecule has 234 valence electrons. The summed E-state index contributed by atoms with van der Waals surface area (Å²) in [7, 11) is 0. The molecule has 0 aromatic carbocycles. The third-order valence-corrected chi connectivity index (χ3v) is 7.91. The Morgan fingerprint density at radius 1 is 0.625 bits per heavy atom. The molecule has 0 spiro atoms. The summed E-state index contributed by atoms with van der Waals surface area (Å²) in [5, 5.41) is 9.27. The fourth-order valence-corrected chi connectivity index (χ4v) is 5.29. The second kappa shape index (κ2) is 31.9. The van der Waals surface area contributed by atoms with Gasteiger partial charge in [-0.3, -0.25) is 9.59 Å². The van der Waals surface area contributed by atoms with Crippen molar-refractivity contribution in [1.82, 2.24) is 0 Å². The molecule has 0 aromatic rings. The average molecular weight is 563 g/mol. The lowest BCUT2D eigenvalue weighted by Gasteiger charge is -2.07. The second-order valence-corrected chi connectivity index (χ2v) is 11.8. The molecule has 4 heteroatoms. The largest absolute Gasteiger partial charge is 0.481 e. The van der Waals surface area contributed by atoms with E-state index in [1.54, 1.807) is 6.08 Å². The molecular weight excluding hydrogens is 496 g/mol. The zero-order valence-electron chi connectivity index (χ0n) is 26.5. The summed E-state index contributed by atoms with van der Waals surface area (Å²) in [6, 6.07) is 0. The Labute approximate surface area is 248 Å². The van der Waals surface area contributed by atoms with E-state index in [2.05, 4.69) is 13.5 Å². The highest BCUT2D eigenvalue weighted by Gasteiger charge is 2.18. The zero-order chi connectivity index (χ0) is 29.4. The summed E-state index contributed by atoms with van der Waals surface area (Å²) in [6.45, 7) is 5.89. The van der Waals surface area contributed by atoms with E-state index >= 15 is 0 Å². The molecule has 0 aliphatic rings. The van der Waals surface area contributed by atoms with Crippen LogP contribution in [0.25, 0.3) is 0 Å². The van der Waals surface area contributed by atoms with Crippen LogP contribution in [-0.4, -0.2) is 23.7 Å². The Balaban J connectivity index is 3.32. The number of hydrogen-bond donors (Lipinski definition) is 1. The van der Waals surface area contributed by atoms with Crippen molar-refractivity contribution in [2.45, 2.75) is 180 Å². The maximum atomic E-state index is 11.6. The lowest BCUT2D eigenvalue weighted by Crippen LogP contribution is -2.17. The molecular formula is C36H66O4. The van der Waals surface area contributed by atoms with Crippen LogP contribution in [0.2, 0.25) is 0 Å². The molecule has 0 aromatic heterocycles. The van der Waals surface area contributed by atoms with Gasteiger partial charge in [0.05, 0.1) is 12.3 Å². The fraction of sp³-hybridized carbons (Fsp3) is 0.833. The maximum Gasteiger partial charge on any atom is 0.310 e. The van der Waals surface area contributed by atoms with Crippen LogP contribution in [0.15, 0.2) is 24.8 Å². The van der Waals surface area contributed by atoms with Gasteiger partial charge in [-0.05, 0) is 12.8 Å². The third kappa shape index (κ3) is 29.4. The van der Waals surface area contributed by atoms with Crippen LogP contribution in [0, 0.1) is 5.92 Å². The van der Waals surface area contributed by atoms with Gasteiger partial charge in [-0.2, -0.15) is 0 Å². The first-order chi connectivity index (χ1) is 19.6. The predicted molar refractivity (Wildman–Crippen MR) is 172 cm³/mol. The van der Waals surface area contributed by atoms with Crippen LogP contribution in [0.1, 0.15) is 180 Å². The van der Waals surface area contributed by atoms with Crippen LogP contribution < -0.4 is 0 Å². The molecule has 0 aliphatic heterocycles. The van der Waals surface area contributed by atoms with Gasteiger partial charge in [0.2, 0.25) is 0 Å². The van der Waals surface area contributed by atoms with E-state index in [4.69, 9.17) is 4.74 Å². The van der Waals surface area contributed by atoms with Gasteiger partial charge in [-0.25, -0.2) is 0 Å². The molecule has 0 rings (SSSR count). The Morgan fingerprint density at radius 2 is 0.975 bits per heavy atom. The van der Waals surface area contributed by atoms with Gasteiger partial charge in [-0.1, -0.05) is 186 Å². The first-order valence-corrected chi connectivity index (χ1v) is 17.3. The maximum absolute atomic E-state index is 11.6. The van der Waals surface area contributed by atoms with E-state index in [9.17, 15) is 14.7 Å². The average Bonchev–Trinajstić information content (AvgIpc) is 2.94. The number of unbranched alkanes of at least 4 members (excludes halogenated alkanes) is 25. The molecule has 0 saturated carbocycles. The first kappa shape index (κ1) is 38.4. The second-order valence-electron chi connectivity index (χ2n) is 11.8. The van der Waals surface area contributed by atoms with Crippen molar-refractivity contribution < 1.29 is 19.4 Å². The summed E-state index contributed by atoms with van der Waals surface area (Å²) < 4.78 is 4.88. The van der Waals surface area contributed by atoms with Gasteiger partial charge in [0.25, 0.3) is 0 Å². The first-order valence-electron chi connectivity index (χ1n) is 17.3. The number of carboxylic acids is 1. The van der Waals surface area contributed by atoms with Gasteiger partial charge in [0.1, 0.15) is 6.61 Å². The van der Waals surface area contributed by atoms with Crippen molar-refractivity contribution in [2.75, 3.05) is 6.61 Å². The standard InChI is InChI=1S/C36H66O4/c1-3-5-6-7-8-9-10-11-12-13-14-15-16-17-18-19-20-21-22-23-24-25-26-27-28-29-30-31-34(36(38)39)33-35(37)40-32-4-2/h4,30-31,34H,2-3,5-29,32-33H2,1H3,(H,38,39)/b31-30+. The predicted octanol–water partition coefficient (Wildman–Crippen LogP) is 11.5. The SMILES string of the molecule is C=CCOC(=O)CC(/C=C/CCCCCCCCCCCCCCCCCCCCCCCCCCC)C(=O)O. The lowest BCUT2D eigenvalue weighted by atomic mass is 10.0. The van der Waals surface area contributed by atoms with E-state index in [0.717, 1.165) is 12.8 Å². The smallest absolute Gasteiger partial charge is 0.310 e. The number of carbonyl (C=O) groups is 2. The summed E-state index contributed by atoms with van der Waals surface area (Å²) >= 11 is 0. The van der Waals surface area contributed by atoms with Gasteiger partial charge in [0, 0.05) is 0 Å². The fourth-order valence-electron chi connectivity index (χ4n) is 5.29. The Hall–Kier alpha value is -1.58. The number of rotatable bonds is 32. The van der Waals surface area contributed by atoms with Crippen molar-refractivity contribution >= 4 is 11.9 Å². The highest BCUT2D eigenvalue weighted by atomic mass is 16.5. The molecule has 0 heterocycles. The normalized spacial score (nSPS) is 12.1. The minimum atomic E-state index is -0.985. The number of hydrogen-bond acceptors (Lipinski definition) is 3. The molecule has 1 N–H and O–H groups in total. The number of esters is 1. The molecule has 0 bridgehead atoms. The summed E-state index contributed by atoms with van der Waals surface area (Å²) in [5.41, 5.74) is 0. The Bertz CT molecular complexity index is 598. The highest BCUT2D eigenvalue weighted by Crippen LogP contribution is 2.16. The summed E-state index contributed by atoms with van der Waals surface area (Å²) in [4.78, 5) is 22.9. The minimum Gasteiger partial charge on any atom is -0.481 e. The molecule has 40 heavy (non-hydrogen) atoms. The van der Waals surface area contributed by atoms with Gasteiger partial charge >= 0.3 is 11.9 Å². The summed E-state index contributed by atoms with van der Waals surface area (Å²) in [5.74, 6) is -2.29. The zero-order valence-corrected chi connectivity index (χ0v) is 26.5. The minimum absolute atomic E-state index is 0.119.